The molecule has 4 aromatic heterocycles. The molecule has 0 aliphatic rings. The molecular weight excluding hydrogens is 785 g/mol. The molecule has 48 heavy (non-hydrogen) atoms. The number of imidazole rings is 1. The fourth-order valence-corrected chi connectivity index (χ4v) is 7.95. The number of hydrogen-bond donors (Lipinski definition) is 0. The first-order valence-corrected chi connectivity index (χ1v) is 20.1. The summed E-state index contributed by atoms with van der Waals surface area (Å²) in [6.45, 7) is 20.2. The predicted molar refractivity (Wildman–Crippen MR) is 199 cm³/mol. The second-order valence-corrected chi connectivity index (χ2v) is 19.3. The molecule has 3 aromatic carbocycles. The summed E-state index contributed by atoms with van der Waals surface area (Å²) in [5.74, 6) is 1.55. The van der Waals surface area contributed by atoms with Gasteiger partial charge >= 0.3 is 0 Å². The van der Waals surface area contributed by atoms with E-state index in [2.05, 4.69) is 124 Å². The Kier molecular flexibility index (Phi) is 10.5. The van der Waals surface area contributed by atoms with Crippen molar-refractivity contribution in [1.29, 1.82) is 0 Å². The summed E-state index contributed by atoms with van der Waals surface area (Å²) in [6, 6.07) is 29.7. The maximum Gasteiger partial charge on any atom is 0.216 e. The van der Waals surface area contributed by atoms with Crippen LogP contribution >= 0.6 is 0 Å². The van der Waals surface area contributed by atoms with Gasteiger partial charge in [-0.1, -0.05) is 75.1 Å². The van der Waals surface area contributed by atoms with E-state index in [0.29, 0.717) is 11.6 Å². The molecule has 0 fully saturated rings. The molecule has 7 rings (SSSR count). The van der Waals surface area contributed by atoms with Gasteiger partial charge in [-0.3, -0.25) is 4.98 Å². The second kappa shape index (κ2) is 14.3. The maximum absolute atomic E-state index is 6.21. The minimum Gasteiger partial charge on any atom is -0.486 e. The quantitative estimate of drug-likeness (QED) is 0.124. The molecule has 4 heterocycles. The molecule has 0 aliphatic carbocycles. The van der Waals surface area contributed by atoms with Gasteiger partial charge in [-0.05, 0) is 67.8 Å². The number of pyridine rings is 2. The van der Waals surface area contributed by atoms with E-state index in [1.54, 1.807) is 0 Å². The SMILES string of the molecule is CC(C)Cc1cc(-c2[c-]cccc2)ncc1[Si](C)(C)C.Cc1cnc2oc3c(-c4nc5ccccc5n4C(C)C)[c-]cc(C)c3c2c1.[Ir]. The molecule has 0 spiro atoms. The number of para-hydroxylation sites is 2. The second-order valence-electron chi connectivity index (χ2n) is 14.3. The average Bonchev–Trinajstić information content (AvgIpc) is 3.60. The Morgan fingerprint density at radius 3 is 2.33 bits per heavy atom. The van der Waals surface area contributed by atoms with Gasteiger partial charge in [0.15, 0.2) is 0 Å². The standard InChI is InChI=1S/C23H20N3O.C18H24NSi.Ir/c1-13(2)26-19-8-6-5-7-18(19)25-22(26)16-10-9-15(4)20-17-11-14(3)12-24-23(17)27-21(16)20;1-14(2)11-16-12-17(15-9-7-6-8-10-15)19-13-18(16)20(3,4)5;/h5-9,11-13H,1-4H3;6-9,12-14H,11H2,1-5H3;/q2*-1;. The Bertz CT molecular complexity index is 2190. The van der Waals surface area contributed by atoms with E-state index in [-0.39, 0.29) is 26.1 Å². The Morgan fingerprint density at radius 1 is 0.896 bits per heavy atom. The summed E-state index contributed by atoms with van der Waals surface area (Å²) in [4.78, 5) is 14.1. The summed E-state index contributed by atoms with van der Waals surface area (Å²) >= 11 is 0. The van der Waals surface area contributed by atoms with Crippen molar-refractivity contribution in [1.82, 2.24) is 19.5 Å². The van der Waals surface area contributed by atoms with E-state index in [1.165, 1.54) is 10.8 Å². The first-order valence-electron chi connectivity index (χ1n) is 16.6. The van der Waals surface area contributed by atoms with E-state index in [0.717, 1.165) is 67.6 Å². The zero-order chi connectivity index (χ0) is 33.5. The summed E-state index contributed by atoms with van der Waals surface area (Å²) in [6.07, 6.45) is 5.08. The molecule has 0 bridgehead atoms. The minimum atomic E-state index is -1.34. The fourth-order valence-electron chi connectivity index (χ4n) is 6.36. The molecule has 0 unspecified atom stereocenters. The molecular formula is C41H44IrN4OSi-2. The Balaban J connectivity index is 0.000000193. The van der Waals surface area contributed by atoms with E-state index < -0.39 is 8.07 Å². The van der Waals surface area contributed by atoms with Crippen LogP contribution in [0.5, 0.6) is 0 Å². The first kappa shape index (κ1) is 35.4. The smallest absolute Gasteiger partial charge is 0.216 e. The average molecular weight is 829 g/mol. The van der Waals surface area contributed by atoms with Crippen molar-refractivity contribution in [3.63, 3.8) is 0 Å². The van der Waals surface area contributed by atoms with Gasteiger partial charge in [0.25, 0.3) is 0 Å². The molecule has 7 aromatic rings. The third-order valence-electron chi connectivity index (χ3n) is 8.48. The van der Waals surface area contributed by atoms with Crippen LogP contribution in [-0.4, -0.2) is 27.6 Å². The van der Waals surface area contributed by atoms with Crippen molar-refractivity contribution in [2.24, 2.45) is 5.92 Å². The number of hydrogen-bond acceptors (Lipinski definition) is 4. The van der Waals surface area contributed by atoms with E-state index in [9.17, 15) is 0 Å². The van der Waals surface area contributed by atoms with Crippen molar-refractivity contribution in [2.75, 3.05) is 0 Å². The van der Waals surface area contributed by atoms with Crippen LogP contribution in [-0.2, 0) is 26.5 Å². The number of fused-ring (bicyclic) bond motifs is 4. The number of nitrogens with zero attached hydrogens (tertiary/aromatic N) is 4. The maximum atomic E-state index is 6.21. The molecule has 0 amide bonds. The van der Waals surface area contributed by atoms with Crippen molar-refractivity contribution in [2.45, 2.75) is 73.6 Å². The fraction of sp³-hybridized carbons (Fsp3) is 0.293. The summed E-state index contributed by atoms with van der Waals surface area (Å²) in [5, 5.41) is 3.63. The normalized spacial score (nSPS) is 11.7. The van der Waals surface area contributed by atoms with Crippen LogP contribution in [0.4, 0.5) is 0 Å². The Labute approximate surface area is 299 Å². The van der Waals surface area contributed by atoms with Crippen LogP contribution in [0.2, 0.25) is 19.6 Å². The zero-order valence-corrected chi connectivity index (χ0v) is 32.8. The van der Waals surface area contributed by atoms with E-state index in [4.69, 9.17) is 9.40 Å². The largest absolute Gasteiger partial charge is 0.486 e. The summed E-state index contributed by atoms with van der Waals surface area (Å²) in [5.41, 5.74) is 10.3. The van der Waals surface area contributed by atoms with E-state index in [1.807, 2.05) is 42.6 Å². The van der Waals surface area contributed by atoms with Crippen LogP contribution in [0.3, 0.4) is 0 Å². The van der Waals surface area contributed by atoms with Crippen LogP contribution in [0.15, 0.2) is 83.5 Å². The summed E-state index contributed by atoms with van der Waals surface area (Å²) < 4.78 is 8.46. The van der Waals surface area contributed by atoms with Gasteiger partial charge in [-0.2, -0.15) is 0 Å². The van der Waals surface area contributed by atoms with Gasteiger partial charge in [0.1, 0.15) is 0 Å². The molecule has 0 aliphatic heterocycles. The van der Waals surface area contributed by atoms with Crippen LogP contribution in [0, 0.1) is 31.9 Å². The topological polar surface area (TPSA) is 56.7 Å². The molecule has 0 saturated carbocycles. The summed E-state index contributed by atoms with van der Waals surface area (Å²) in [7, 11) is -1.34. The van der Waals surface area contributed by atoms with Crippen molar-refractivity contribution < 1.29 is 24.5 Å². The molecule has 0 saturated heterocycles. The number of aryl methyl sites for hydroxylation is 2. The minimum absolute atomic E-state index is 0. The van der Waals surface area contributed by atoms with Crippen molar-refractivity contribution in [3.05, 3.63) is 108 Å². The van der Waals surface area contributed by atoms with Crippen LogP contribution < -0.4 is 5.19 Å². The van der Waals surface area contributed by atoms with Crippen molar-refractivity contribution >= 4 is 46.4 Å². The first-order chi connectivity index (χ1) is 22.4. The van der Waals surface area contributed by atoms with Crippen LogP contribution in [0.25, 0.3) is 55.7 Å². The number of furan rings is 1. The molecule has 5 nitrogen and oxygen atoms in total. The number of benzene rings is 3. The zero-order valence-electron chi connectivity index (χ0n) is 29.4. The Morgan fingerprint density at radius 2 is 1.65 bits per heavy atom. The molecule has 0 atom stereocenters. The molecule has 1 radical (unpaired) electrons. The Hall–Kier alpha value is -3.90. The van der Waals surface area contributed by atoms with Gasteiger partial charge in [0, 0.05) is 43.9 Å². The number of rotatable bonds is 6. The number of aromatic nitrogens is 4. The third-order valence-corrected chi connectivity index (χ3v) is 10.6. The third kappa shape index (κ3) is 7.10. The van der Waals surface area contributed by atoms with Gasteiger partial charge in [-0.15, -0.1) is 53.6 Å². The molecule has 0 N–H and O–H groups in total. The van der Waals surface area contributed by atoms with Gasteiger partial charge in [0.2, 0.25) is 5.71 Å². The van der Waals surface area contributed by atoms with Crippen molar-refractivity contribution in [3.8, 4) is 22.6 Å². The molecule has 7 heteroatoms. The van der Waals surface area contributed by atoms with Gasteiger partial charge < -0.3 is 14.0 Å². The van der Waals surface area contributed by atoms with E-state index >= 15 is 0 Å². The van der Waals surface area contributed by atoms with Crippen LogP contribution in [0.1, 0.15) is 50.4 Å². The monoisotopic (exact) mass is 829 g/mol. The van der Waals surface area contributed by atoms with Gasteiger partial charge in [0.05, 0.1) is 30.5 Å². The van der Waals surface area contributed by atoms with Gasteiger partial charge in [-0.25, -0.2) is 4.98 Å². The predicted octanol–water partition coefficient (Wildman–Crippen LogP) is 10.3. The molecule has 249 valence electrons.